The van der Waals surface area contributed by atoms with E-state index in [0.717, 1.165) is 17.2 Å². The van der Waals surface area contributed by atoms with Gasteiger partial charge in [0.05, 0.1) is 0 Å². The molecule has 1 aliphatic rings. The Morgan fingerprint density at radius 1 is 1.00 bits per heavy atom. The van der Waals surface area contributed by atoms with E-state index in [4.69, 9.17) is 4.98 Å². The molecule has 1 fully saturated rings. The fraction of sp³-hybridized carbons (Fsp3) is 0.500. The largest absolute Gasteiger partial charge is 0.262 e. The lowest BCUT2D eigenvalue weighted by atomic mass is 9.89. The summed E-state index contributed by atoms with van der Waals surface area (Å²) in [7, 11) is 0. The van der Waals surface area contributed by atoms with Crippen LogP contribution in [0.4, 0.5) is 0 Å². The number of nitrogens with one attached hydrogen (secondary N) is 1. The molecule has 0 aliphatic heterocycles. The average molecular weight is 255 g/mol. The summed E-state index contributed by atoms with van der Waals surface area (Å²) in [5.74, 6) is 2.50. The van der Waals surface area contributed by atoms with Gasteiger partial charge in [-0.15, -0.1) is 0 Å². The first-order chi connectivity index (χ1) is 9.22. The Morgan fingerprint density at radius 2 is 1.68 bits per heavy atom. The number of aryl methyl sites for hydroxylation is 2. The summed E-state index contributed by atoms with van der Waals surface area (Å²) < 4.78 is 0. The maximum Gasteiger partial charge on any atom is 0.181 e. The van der Waals surface area contributed by atoms with Gasteiger partial charge in [0.15, 0.2) is 5.82 Å². The first-order valence-electron chi connectivity index (χ1n) is 7.23. The van der Waals surface area contributed by atoms with Crippen LogP contribution < -0.4 is 0 Å². The summed E-state index contributed by atoms with van der Waals surface area (Å²) >= 11 is 0. The zero-order valence-electron chi connectivity index (χ0n) is 11.7. The van der Waals surface area contributed by atoms with Gasteiger partial charge in [-0.25, -0.2) is 4.98 Å². The molecule has 0 amide bonds. The Morgan fingerprint density at radius 3 is 2.37 bits per heavy atom. The van der Waals surface area contributed by atoms with Gasteiger partial charge in [-0.05, 0) is 38.8 Å². The van der Waals surface area contributed by atoms with Crippen molar-refractivity contribution >= 4 is 0 Å². The van der Waals surface area contributed by atoms with Gasteiger partial charge in [-0.2, -0.15) is 5.10 Å². The second-order valence-electron chi connectivity index (χ2n) is 5.76. The van der Waals surface area contributed by atoms with Gasteiger partial charge in [-0.3, -0.25) is 5.10 Å². The normalized spacial score (nSPS) is 16.7. The first-order valence-corrected chi connectivity index (χ1v) is 7.23. The van der Waals surface area contributed by atoms with Crippen molar-refractivity contribution in [2.75, 3.05) is 0 Å². The van der Waals surface area contributed by atoms with Crippen LogP contribution in [0.1, 0.15) is 55.0 Å². The molecule has 0 atom stereocenters. The number of aromatic amines is 1. The van der Waals surface area contributed by atoms with Crippen LogP contribution in [0.2, 0.25) is 0 Å². The van der Waals surface area contributed by atoms with Gasteiger partial charge >= 0.3 is 0 Å². The molecule has 0 saturated heterocycles. The smallest absolute Gasteiger partial charge is 0.181 e. The predicted molar refractivity (Wildman–Crippen MR) is 77.1 cm³/mol. The van der Waals surface area contributed by atoms with Gasteiger partial charge in [0.2, 0.25) is 0 Å². The highest BCUT2D eigenvalue weighted by molar-refractivity contribution is 5.57. The van der Waals surface area contributed by atoms with Crippen molar-refractivity contribution in [1.82, 2.24) is 15.2 Å². The SMILES string of the molecule is Cc1cc(C)cc(-c2n[nH]c(C3CCCCC3)n2)c1. The molecule has 1 heterocycles. The third kappa shape index (κ3) is 2.70. The van der Waals surface area contributed by atoms with Gasteiger partial charge < -0.3 is 0 Å². The molecular formula is C16H21N3. The second-order valence-corrected chi connectivity index (χ2v) is 5.76. The Kier molecular flexibility index (Phi) is 3.36. The summed E-state index contributed by atoms with van der Waals surface area (Å²) in [6, 6.07) is 6.49. The zero-order valence-corrected chi connectivity index (χ0v) is 11.7. The van der Waals surface area contributed by atoms with E-state index in [1.54, 1.807) is 0 Å². The van der Waals surface area contributed by atoms with Crippen LogP contribution >= 0.6 is 0 Å². The van der Waals surface area contributed by atoms with Crippen molar-refractivity contribution in [3.8, 4) is 11.4 Å². The van der Waals surface area contributed by atoms with E-state index in [0.29, 0.717) is 5.92 Å². The number of hydrogen-bond acceptors (Lipinski definition) is 2. The van der Waals surface area contributed by atoms with Crippen molar-refractivity contribution in [2.24, 2.45) is 0 Å². The second kappa shape index (κ2) is 5.16. The van der Waals surface area contributed by atoms with E-state index in [-0.39, 0.29) is 0 Å². The number of aromatic nitrogens is 3. The fourth-order valence-corrected chi connectivity index (χ4v) is 3.07. The van der Waals surface area contributed by atoms with Gasteiger partial charge in [-0.1, -0.05) is 36.5 Å². The summed E-state index contributed by atoms with van der Waals surface area (Å²) in [5.41, 5.74) is 3.65. The number of hydrogen-bond donors (Lipinski definition) is 1. The topological polar surface area (TPSA) is 41.6 Å². The Balaban J connectivity index is 1.87. The summed E-state index contributed by atoms with van der Waals surface area (Å²) in [6.07, 6.45) is 6.52. The molecular weight excluding hydrogens is 234 g/mol. The van der Waals surface area contributed by atoms with Crippen LogP contribution in [0.3, 0.4) is 0 Å². The van der Waals surface area contributed by atoms with Crippen LogP contribution in [0.25, 0.3) is 11.4 Å². The third-order valence-corrected chi connectivity index (χ3v) is 3.97. The lowest BCUT2D eigenvalue weighted by Gasteiger charge is -2.18. The molecule has 0 radical (unpaired) electrons. The number of rotatable bonds is 2. The molecule has 1 aliphatic carbocycles. The predicted octanol–water partition coefficient (Wildman–Crippen LogP) is 4.14. The van der Waals surface area contributed by atoms with E-state index < -0.39 is 0 Å². The van der Waals surface area contributed by atoms with Crippen molar-refractivity contribution in [3.05, 3.63) is 35.2 Å². The standard InChI is InChI=1S/C16H21N3/c1-11-8-12(2)10-14(9-11)16-17-15(18-19-16)13-6-4-3-5-7-13/h8-10,13H,3-7H2,1-2H3,(H,17,18,19). The van der Waals surface area contributed by atoms with E-state index in [2.05, 4.69) is 42.2 Å². The highest BCUT2D eigenvalue weighted by Gasteiger charge is 2.19. The molecule has 0 spiro atoms. The molecule has 0 unspecified atom stereocenters. The summed E-state index contributed by atoms with van der Waals surface area (Å²) in [6.45, 7) is 4.23. The van der Waals surface area contributed by atoms with E-state index in [1.165, 1.54) is 43.2 Å². The van der Waals surface area contributed by atoms with Crippen LogP contribution in [-0.4, -0.2) is 15.2 Å². The van der Waals surface area contributed by atoms with Gasteiger partial charge in [0, 0.05) is 11.5 Å². The molecule has 1 aromatic carbocycles. The molecule has 1 aromatic heterocycles. The average Bonchev–Trinajstić information content (AvgIpc) is 2.88. The number of nitrogens with zero attached hydrogens (tertiary/aromatic N) is 2. The number of H-pyrrole nitrogens is 1. The third-order valence-electron chi connectivity index (χ3n) is 3.97. The monoisotopic (exact) mass is 255 g/mol. The van der Waals surface area contributed by atoms with Crippen molar-refractivity contribution < 1.29 is 0 Å². The summed E-state index contributed by atoms with van der Waals surface area (Å²) in [4.78, 5) is 4.72. The first kappa shape index (κ1) is 12.4. The maximum absolute atomic E-state index is 4.72. The molecule has 1 saturated carbocycles. The minimum absolute atomic E-state index is 0.584. The minimum atomic E-state index is 0.584. The molecule has 0 bridgehead atoms. The fourth-order valence-electron chi connectivity index (χ4n) is 3.07. The molecule has 19 heavy (non-hydrogen) atoms. The Hall–Kier alpha value is -1.64. The zero-order chi connectivity index (χ0) is 13.2. The van der Waals surface area contributed by atoms with E-state index in [9.17, 15) is 0 Å². The molecule has 2 aromatic rings. The van der Waals surface area contributed by atoms with Gasteiger partial charge in [0.1, 0.15) is 5.82 Å². The van der Waals surface area contributed by atoms with Crippen LogP contribution in [0.15, 0.2) is 18.2 Å². The summed E-state index contributed by atoms with van der Waals surface area (Å²) in [5, 5.41) is 7.56. The lowest BCUT2D eigenvalue weighted by Crippen LogP contribution is -2.06. The van der Waals surface area contributed by atoms with Crippen molar-refractivity contribution in [1.29, 1.82) is 0 Å². The highest BCUT2D eigenvalue weighted by Crippen LogP contribution is 2.31. The molecule has 3 rings (SSSR count). The molecule has 100 valence electrons. The van der Waals surface area contributed by atoms with Crippen LogP contribution in [-0.2, 0) is 0 Å². The minimum Gasteiger partial charge on any atom is -0.262 e. The van der Waals surface area contributed by atoms with Crippen LogP contribution in [0, 0.1) is 13.8 Å². The number of benzene rings is 1. The highest BCUT2D eigenvalue weighted by atomic mass is 15.2. The van der Waals surface area contributed by atoms with Crippen molar-refractivity contribution in [3.63, 3.8) is 0 Å². The Bertz CT molecular complexity index is 545. The maximum atomic E-state index is 4.72. The van der Waals surface area contributed by atoms with Crippen LogP contribution in [0.5, 0.6) is 0 Å². The van der Waals surface area contributed by atoms with E-state index in [1.807, 2.05) is 0 Å². The molecule has 3 nitrogen and oxygen atoms in total. The van der Waals surface area contributed by atoms with E-state index >= 15 is 0 Å². The Labute approximate surface area is 114 Å². The molecule has 1 N–H and O–H groups in total. The van der Waals surface area contributed by atoms with Gasteiger partial charge in [0.25, 0.3) is 0 Å². The quantitative estimate of drug-likeness (QED) is 0.876. The lowest BCUT2D eigenvalue weighted by molar-refractivity contribution is 0.429. The molecule has 3 heteroatoms. The van der Waals surface area contributed by atoms with Crippen molar-refractivity contribution in [2.45, 2.75) is 51.9 Å².